The largest absolute Gasteiger partial charge is 0.481 e. The molecule has 1 aromatic heterocycles. The summed E-state index contributed by atoms with van der Waals surface area (Å²) in [7, 11) is 1.48. The summed E-state index contributed by atoms with van der Waals surface area (Å²) in [4.78, 5) is 26.9. The number of amides is 1. The molecule has 1 rings (SSSR count). The minimum atomic E-state index is -0.834. The molecule has 0 saturated heterocycles. The number of pyridine rings is 1. The van der Waals surface area contributed by atoms with E-state index in [9.17, 15) is 9.59 Å². The Hall–Kier alpha value is -2.11. The number of hydrogen-bond donors (Lipinski definition) is 1. The number of carbonyl (C=O) groups excluding carboxylic acids is 2. The standard InChI is InChI=1S/C12H16N2O4/c1-4-13-11(15)8(2)18-12(16)9-5-6-10(17-3)14-7-9/h5-8H,4H2,1-3H3,(H,13,15). The summed E-state index contributed by atoms with van der Waals surface area (Å²) in [6.45, 7) is 3.80. The van der Waals surface area contributed by atoms with Crippen LogP contribution < -0.4 is 10.1 Å². The first-order chi connectivity index (χ1) is 8.58. The first kappa shape index (κ1) is 14.0. The van der Waals surface area contributed by atoms with E-state index in [4.69, 9.17) is 9.47 Å². The number of likely N-dealkylation sites (N-methyl/N-ethyl adjacent to an activating group) is 1. The molecule has 18 heavy (non-hydrogen) atoms. The van der Waals surface area contributed by atoms with Gasteiger partial charge in [0.05, 0.1) is 12.7 Å². The maximum Gasteiger partial charge on any atom is 0.340 e. The van der Waals surface area contributed by atoms with E-state index in [1.165, 1.54) is 26.3 Å². The van der Waals surface area contributed by atoms with Crippen LogP contribution in [0.2, 0.25) is 0 Å². The Morgan fingerprint density at radius 1 is 1.44 bits per heavy atom. The van der Waals surface area contributed by atoms with Crippen molar-refractivity contribution in [2.24, 2.45) is 0 Å². The fourth-order valence-electron chi connectivity index (χ4n) is 1.22. The van der Waals surface area contributed by atoms with Crippen molar-refractivity contribution >= 4 is 11.9 Å². The van der Waals surface area contributed by atoms with Crippen LogP contribution in [0.15, 0.2) is 18.3 Å². The summed E-state index contributed by atoms with van der Waals surface area (Å²) in [5.41, 5.74) is 0.270. The Kier molecular flexibility index (Phi) is 5.10. The third-order valence-corrected chi connectivity index (χ3v) is 2.19. The number of nitrogens with zero attached hydrogens (tertiary/aromatic N) is 1. The van der Waals surface area contributed by atoms with Crippen molar-refractivity contribution in [2.45, 2.75) is 20.0 Å². The average molecular weight is 252 g/mol. The van der Waals surface area contributed by atoms with Crippen LogP contribution in [-0.4, -0.2) is 36.6 Å². The Labute approximate surface area is 105 Å². The summed E-state index contributed by atoms with van der Waals surface area (Å²) >= 11 is 0. The van der Waals surface area contributed by atoms with E-state index in [0.717, 1.165) is 0 Å². The van der Waals surface area contributed by atoms with Crippen LogP contribution in [0.1, 0.15) is 24.2 Å². The van der Waals surface area contributed by atoms with Crippen molar-refractivity contribution in [3.63, 3.8) is 0 Å². The normalized spacial score (nSPS) is 11.5. The summed E-state index contributed by atoms with van der Waals surface area (Å²) in [6, 6.07) is 3.08. The molecule has 1 amide bonds. The molecule has 0 aromatic carbocycles. The van der Waals surface area contributed by atoms with Crippen LogP contribution in [-0.2, 0) is 9.53 Å². The van der Waals surface area contributed by atoms with Gasteiger partial charge in [0.2, 0.25) is 5.88 Å². The van der Waals surface area contributed by atoms with Crippen LogP contribution >= 0.6 is 0 Å². The van der Waals surface area contributed by atoms with Gasteiger partial charge in [-0.05, 0) is 19.9 Å². The quantitative estimate of drug-likeness (QED) is 0.783. The Balaban J connectivity index is 2.61. The lowest BCUT2D eigenvalue weighted by molar-refractivity contribution is -0.128. The van der Waals surface area contributed by atoms with E-state index < -0.39 is 12.1 Å². The molecule has 0 fully saturated rings. The number of nitrogens with one attached hydrogen (secondary N) is 1. The zero-order valence-electron chi connectivity index (χ0n) is 10.6. The number of hydrogen-bond acceptors (Lipinski definition) is 5. The molecular weight excluding hydrogens is 236 g/mol. The fourth-order valence-corrected chi connectivity index (χ4v) is 1.22. The Bertz CT molecular complexity index is 417. The van der Waals surface area contributed by atoms with Gasteiger partial charge in [0, 0.05) is 18.8 Å². The summed E-state index contributed by atoms with van der Waals surface area (Å²) in [6.07, 6.45) is 0.505. The van der Waals surface area contributed by atoms with Crippen LogP contribution in [0.5, 0.6) is 5.88 Å². The van der Waals surface area contributed by atoms with Gasteiger partial charge in [0.1, 0.15) is 0 Å². The van der Waals surface area contributed by atoms with Gasteiger partial charge < -0.3 is 14.8 Å². The maximum absolute atomic E-state index is 11.7. The van der Waals surface area contributed by atoms with E-state index in [0.29, 0.717) is 12.4 Å². The maximum atomic E-state index is 11.7. The molecule has 1 N–H and O–H groups in total. The van der Waals surface area contributed by atoms with Crippen molar-refractivity contribution in [2.75, 3.05) is 13.7 Å². The predicted molar refractivity (Wildman–Crippen MR) is 64.4 cm³/mol. The molecule has 0 aliphatic rings. The molecule has 1 atom stereocenters. The number of esters is 1. The first-order valence-electron chi connectivity index (χ1n) is 5.57. The van der Waals surface area contributed by atoms with E-state index in [-0.39, 0.29) is 11.5 Å². The van der Waals surface area contributed by atoms with E-state index in [1.807, 2.05) is 0 Å². The smallest absolute Gasteiger partial charge is 0.340 e. The highest BCUT2D eigenvalue weighted by Gasteiger charge is 2.18. The van der Waals surface area contributed by atoms with E-state index in [1.54, 1.807) is 13.0 Å². The highest BCUT2D eigenvalue weighted by Crippen LogP contribution is 2.08. The van der Waals surface area contributed by atoms with Gasteiger partial charge in [-0.3, -0.25) is 4.79 Å². The molecule has 1 aromatic rings. The van der Waals surface area contributed by atoms with Crippen LogP contribution in [0, 0.1) is 0 Å². The minimum Gasteiger partial charge on any atom is -0.481 e. The highest BCUT2D eigenvalue weighted by atomic mass is 16.5. The molecule has 6 heteroatoms. The number of aromatic nitrogens is 1. The molecule has 0 spiro atoms. The number of ether oxygens (including phenoxy) is 2. The summed E-state index contributed by atoms with van der Waals surface area (Å²) in [5, 5.41) is 2.57. The minimum absolute atomic E-state index is 0.270. The van der Waals surface area contributed by atoms with Gasteiger partial charge >= 0.3 is 5.97 Å². The molecule has 0 saturated carbocycles. The molecular formula is C12H16N2O4. The molecule has 0 bridgehead atoms. The van der Waals surface area contributed by atoms with Crippen molar-refractivity contribution in [3.05, 3.63) is 23.9 Å². The molecule has 0 aliphatic carbocycles. The zero-order valence-corrected chi connectivity index (χ0v) is 10.6. The third kappa shape index (κ3) is 3.73. The van der Waals surface area contributed by atoms with Crippen LogP contribution in [0.3, 0.4) is 0 Å². The second kappa shape index (κ2) is 6.58. The SMILES string of the molecule is CCNC(=O)C(C)OC(=O)c1ccc(OC)nc1. The zero-order chi connectivity index (χ0) is 13.5. The Morgan fingerprint density at radius 3 is 2.67 bits per heavy atom. The van der Waals surface area contributed by atoms with Gasteiger partial charge in [-0.2, -0.15) is 0 Å². The van der Waals surface area contributed by atoms with Crippen molar-refractivity contribution in [1.82, 2.24) is 10.3 Å². The third-order valence-electron chi connectivity index (χ3n) is 2.19. The van der Waals surface area contributed by atoms with Crippen molar-refractivity contribution in [1.29, 1.82) is 0 Å². The van der Waals surface area contributed by atoms with Gasteiger partial charge in [0.25, 0.3) is 5.91 Å². The molecule has 6 nitrogen and oxygen atoms in total. The second-order valence-electron chi connectivity index (χ2n) is 3.53. The lowest BCUT2D eigenvalue weighted by Crippen LogP contribution is -2.35. The highest BCUT2D eigenvalue weighted by molar-refractivity contribution is 5.91. The monoisotopic (exact) mass is 252 g/mol. The summed E-state index contributed by atoms with van der Waals surface area (Å²) in [5.74, 6) is -0.514. The van der Waals surface area contributed by atoms with Crippen LogP contribution in [0.25, 0.3) is 0 Å². The molecule has 98 valence electrons. The van der Waals surface area contributed by atoms with E-state index in [2.05, 4.69) is 10.3 Å². The van der Waals surface area contributed by atoms with Gasteiger partial charge in [-0.25, -0.2) is 9.78 Å². The molecule has 0 aliphatic heterocycles. The van der Waals surface area contributed by atoms with E-state index >= 15 is 0 Å². The molecule has 1 heterocycles. The molecule has 0 radical (unpaired) electrons. The van der Waals surface area contributed by atoms with Crippen LogP contribution in [0.4, 0.5) is 0 Å². The lowest BCUT2D eigenvalue weighted by atomic mass is 10.3. The van der Waals surface area contributed by atoms with Crippen molar-refractivity contribution in [3.8, 4) is 5.88 Å². The van der Waals surface area contributed by atoms with Gasteiger partial charge in [0.15, 0.2) is 6.10 Å². The topological polar surface area (TPSA) is 77.5 Å². The van der Waals surface area contributed by atoms with Crippen molar-refractivity contribution < 1.29 is 19.1 Å². The fraction of sp³-hybridized carbons (Fsp3) is 0.417. The molecule has 1 unspecified atom stereocenters. The van der Waals surface area contributed by atoms with Gasteiger partial charge in [-0.1, -0.05) is 0 Å². The van der Waals surface area contributed by atoms with Gasteiger partial charge in [-0.15, -0.1) is 0 Å². The Morgan fingerprint density at radius 2 is 2.17 bits per heavy atom. The predicted octanol–water partition coefficient (Wildman–Crippen LogP) is 0.772. The first-order valence-corrected chi connectivity index (χ1v) is 5.57. The average Bonchev–Trinajstić information content (AvgIpc) is 2.39. The second-order valence-corrected chi connectivity index (χ2v) is 3.53. The lowest BCUT2D eigenvalue weighted by Gasteiger charge is -2.12. The number of rotatable bonds is 5. The number of carbonyl (C=O) groups is 2. The number of methoxy groups -OCH3 is 1. The summed E-state index contributed by atoms with van der Waals surface area (Å²) < 4.78 is 9.87.